The quantitative estimate of drug-likeness (QED) is 0.410. The Hall–Kier alpha value is -2.31. The Kier molecular flexibility index (Phi) is 6.14. The molecule has 7 nitrogen and oxygen atoms in total. The first kappa shape index (κ1) is 14.7. The van der Waals surface area contributed by atoms with E-state index in [0.717, 1.165) is 18.7 Å². The van der Waals surface area contributed by atoms with Crippen LogP contribution in [-0.2, 0) is 11.2 Å². The Balaban J connectivity index is 2.19. The Morgan fingerprint density at radius 2 is 2.37 bits per heavy atom. The summed E-state index contributed by atoms with van der Waals surface area (Å²) in [5, 5.41) is 13.8. The van der Waals surface area contributed by atoms with Gasteiger partial charge in [0.2, 0.25) is 0 Å². The molecule has 104 valence electrons. The van der Waals surface area contributed by atoms with Crippen molar-refractivity contribution in [3.8, 4) is 0 Å². The minimum atomic E-state index is -1.08. The molecule has 1 atom stereocenters. The van der Waals surface area contributed by atoms with E-state index in [-0.39, 0.29) is 6.42 Å². The van der Waals surface area contributed by atoms with Crippen LogP contribution in [0.2, 0.25) is 0 Å². The van der Waals surface area contributed by atoms with Crippen LogP contribution in [0.25, 0.3) is 0 Å². The highest BCUT2D eigenvalue weighted by atomic mass is 16.4. The van der Waals surface area contributed by atoms with Crippen molar-refractivity contribution in [3.63, 3.8) is 0 Å². The van der Waals surface area contributed by atoms with Gasteiger partial charge in [0.25, 0.3) is 0 Å². The zero-order chi connectivity index (χ0) is 14.1. The van der Waals surface area contributed by atoms with Crippen LogP contribution in [0, 0.1) is 0 Å². The Morgan fingerprint density at radius 3 is 2.95 bits per heavy atom. The van der Waals surface area contributed by atoms with Crippen molar-refractivity contribution >= 4 is 12.0 Å². The molecule has 1 unspecified atom stereocenters. The number of nitrogens with one attached hydrogen (secondary N) is 3. The first-order valence-electron chi connectivity index (χ1n) is 5.99. The number of nitrogens with zero attached hydrogens (tertiary/aromatic N) is 1. The normalized spacial score (nSPS) is 11.6. The van der Waals surface area contributed by atoms with Gasteiger partial charge in [-0.25, -0.2) is 14.6 Å². The van der Waals surface area contributed by atoms with Gasteiger partial charge in [-0.1, -0.05) is 6.08 Å². The van der Waals surface area contributed by atoms with Gasteiger partial charge in [0.15, 0.2) is 0 Å². The molecule has 1 aromatic rings. The second-order valence-corrected chi connectivity index (χ2v) is 3.95. The SMILES string of the molecule is C=CCC(NC(=O)NCCCc1ncc[nH]1)C(=O)O. The third-order valence-electron chi connectivity index (χ3n) is 2.44. The first-order chi connectivity index (χ1) is 9.13. The lowest BCUT2D eigenvalue weighted by Gasteiger charge is -2.13. The van der Waals surface area contributed by atoms with Crippen LogP contribution in [0.3, 0.4) is 0 Å². The van der Waals surface area contributed by atoms with Gasteiger partial charge in [-0.15, -0.1) is 6.58 Å². The lowest BCUT2D eigenvalue weighted by atomic mass is 10.2. The number of aromatic nitrogens is 2. The smallest absolute Gasteiger partial charge is 0.326 e. The van der Waals surface area contributed by atoms with Crippen molar-refractivity contribution in [1.82, 2.24) is 20.6 Å². The van der Waals surface area contributed by atoms with Gasteiger partial charge in [-0.05, 0) is 12.8 Å². The number of carbonyl (C=O) groups excluding carboxylic acids is 1. The second kappa shape index (κ2) is 7.91. The molecule has 0 spiro atoms. The predicted octanol–water partition coefficient (Wildman–Crippen LogP) is 0.671. The monoisotopic (exact) mass is 266 g/mol. The Bertz CT molecular complexity index is 417. The zero-order valence-corrected chi connectivity index (χ0v) is 10.6. The lowest BCUT2D eigenvalue weighted by molar-refractivity contribution is -0.139. The van der Waals surface area contributed by atoms with Crippen molar-refractivity contribution in [2.45, 2.75) is 25.3 Å². The number of aliphatic carboxylic acids is 1. The van der Waals surface area contributed by atoms with E-state index in [4.69, 9.17) is 5.11 Å². The largest absolute Gasteiger partial charge is 0.480 e. The summed E-state index contributed by atoms with van der Waals surface area (Å²) >= 11 is 0. The van der Waals surface area contributed by atoms with Crippen LogP contribution in [-0.4, -0.2) is 39.7 Å². The molecule has 2 amide bonds. The van der Waals surface area contributed by atoms with Crippen molar-refractivity contribution in [2.24, 2.45) is 0 Å². The molecule has 1 heterocycles. The highest BCUT2D eigenvalue weighted by Crippen LogP contribution is 1.95. The number of hydrogen-bond donors (Lipinski definition) is 4. The van der Waals surface area contributed by atoms with Crippen molar-refractivity contribution < 1.29 is 14.7 Å². The molecular formula is C12H18N4O3. The molecule has 0 aliphatic rings. The van der Waals surface area contributed by atoms with Gasteiger partial charge < -0.3 is 20.7 Å². The number of amides is 2. The third-order valence-corrected chi connectivity index (χ3v) is 2.44. The highest BCUT2D eigenvalue weighted by molar-refractivity contribution is 5.82. The maximum absolute atomic E-state index is 11.5. The number of H-pyrrole nitrogens is 1. The molecule has 0 aliphatic heterocycles. The molecule has 0 bridgehead atoms. The van der Waals surface area contributed by atoms with Gasteiger partial charge in [0.05, 0.1) is 0 Å². The molecule has 0 aromatic carbocycles. The fourth-order valence-electron chi connectivity index (χ4n) is 1.49. The van der Waals surface area contributed by atoms with Gasteiger partial charge in [-0.3, -0.25) is 0 Å². The molecule has 0 radical (unpaired) electrons. The maximum atomic E-state index is 11.5. The summed E-state index contributed by atoms with van der Waals surface area (Å²) in [6, 6.07) is -1.43. The topological polar surface area (TPSA) is 107 Å². The van der Waals surface area contributed by atoms with Gasteiger partial charge in [-0.2, -0.15) is 0 Å². The van der Waals surface area contributed by atoms with Crippen LogP contribution in [0.15, 0.2) is 25.0 Å². The molecule has 7 heteroatoms. The van der Waals surface area contributed by atoms with Gasteiger partial charge in [0, 0.05) is 25.4 Å². The van der Waals surface area contributed by atoms with E-state index >= 15 is 0 Å². The number of urea groups is 1. The minimum Gasteiger partial charge on any atom is -0.480 e. The van der Waals surface area contributed by atoms with E-state index in [1.165, 1.54) is 6.08 Å². The first-order valence-corrected chi connectivity index (χ1v) is 5.99. The fourth-order valence-corrected chi connectivity index (χ4v) is 1.49. The molecule has 1 aromatic heterocycles. The van der Waals surface area contributed by atoms with E-state index in [9.17, 15) is 9.59 Å². The predicted molar refractivity (Wildman–Crippen MR) is 69.7 cm³/mol. The van der Waals surface area contributed by atoms with E-state index in [1.54, 1.807) is 12.4 Å². The van der Waals surface area contributed by atoms with E-state index in [2.05, 4.69) is 27.2 Å². The number of imidazole rings is 1. The Labute approximate surface area is 111 Å². The highest BCUT2D eigenvalue weighted by Gasteiger charge is 2.17. The van der Waals surface area contributed by atoms with Crippen molar-refractivity contribution in [3.05, 3.63) is 30.9 Å². The number of carboxylic acid groups (broad SMARTS) is 1. The van der Waals surface area contributed by atoms with Crippen LogP contribution in [0.4, 0.5) is 4.79 Å². The zero-order valence-electron chi connectivity index (χ0n) is 10.6. The molecular weight excluding hydrogens is 248 g/mol. The number of carbonyl (C=O) groups is 2. The van der Waals surface area contributed by atoms with Crippen molar-refractivity contribution in [1.29, 1.82) is 0 Å². The van der Waals surface area contributed by atoms with Crippen molar-refractivity contribution in [2.75, 3.05) is 6.54 Å². The van der Waals surface area contributed by atoms with Gasteiger partial charge in [0.1, 0.15) is 11.9 Å². The van der Waals surface area contributed by atoms with Crippen LogP contribution >= 0.6 is 0 Å². The number of aromatic amines is 1. The number of carboxylic acids is 1. The fraction of sp³-hybridized carbons (Fsp3) is 0.417. The molecule has 0 saturated heterocycles. The number of rotatable bonds is 8. The summed E-state index contributed by atoms with van der Waals surface area (Å²) in [6.07, 6.45) is 6.50. The van der Waals surface area contributed by atoms with E-state index < -0.39 is 18.0 Å². The summed E-state index contributed by atoms with van der Waals surface area (Å²) in [4.78, 5) is 29.3. The lowest BCUT2D eigenvalue weighted by Crippen LogP contribution is -2.46. The summed E-state index contributed by atoms with van der Waals surface area (Å²) in [5.41, 5.74) is 0. The van der Waals surface area contributed by atoms with Gasteiger partial charge >= 0.3 is 12.0 Å². The van der Waals surface area contributed by atoms with Crippen LogP contribution in [0.1, 0.15) is 18.7 Å². The molecule has 19 heavy (non-hydrogen) atoms. The van der Waals surface area contributed by atoms with Crippen LogP contribution in [0.5, 0.6) is 0 Å². The third kappa shape index (κ3) is 5.71. The summed E-state index contributed by atoms with van der Waals surface area (Å²) in [5.74, 6) is -0.220. The molecule has 0 saturated carbocycles. The molecule has 1 rings (SSSR count). The van der Waals surface area contributed by atoms with E-state index in [1.807, 2.05) is 0 Å². The average molecular weight is 266 g/mol. The maximum Gasteiger partial charge on any atom is 0.326 e. The van der Waals surface area contributed by atoms with E-state index in [0.29, 0.717) is 6.54 Å². The number of hydrogen-bond acceptors (Lipinski definition) is 3. The summed E-state index contributed by atoms with van der Waals surface area (Å²) < 4.78 is 0. The Morgan fingerprint density at radius 1 is 1.58 bits per heavy atom. The minimum absolute atomic E-state index is 0.190. The van der Waals surface area contributed by atoms with Crippen LogP contribution < -0.4 is 10.6 Å². The molecule has 0 fully saturated rings. The average Bonchev–Trinajstić information content (AvgIpc) is 2.87. The summed E-state index contributed by atoms with van der Waals surface area (Å²) in [7, 11) is 0. The molecule has 4 N–H and O–H groups in total. The number of aryl methyl sites for hydroxylation is 1. The summed E-state index contributed by atoms with van der Waals surface area (Å²) in [6.45, 7) is 3.90. The molecule has 0 aliphatic carbocycles. The second-order valence-electron chi connectivity index (χ2n) is 3.95. The standard InChI is InChI=1S/C12H18N4O3/c1-2-4-9(11(17)18)16-12(19)15-6-3-5-10-13-7-8-14-10/h2,7-9H,1,3-6H2,(H,13,14)(H,17,18)(H2,15,16,19).